The lowest BCUT2D eigenvalue weighted by Gasteiger charge is -2.09. The van der Waals surface area contributed by atoms with E-state index >= 15 is 0 Å². The van der Waals surface area contributed by atoms with Crippen LogP contribution < -0.4 is 10.9 Å². The third-order valence-corrected chi connectivity index (χ3v) is 3.32. The Morgan fingerprint density at radius 1 is 1.45 bits per heavy atom. The Hall–Kier alpha value is -1.89. The lowest BCUT2D eigenvalue weighted by molar-refractivity contribution is 0.543. The summed E-state index contributed by atoms with van der Waals surface area (Å²) >= 11 is 6.08. The normalized spacial score (nSPS) is 10.8. The molecule has 0 fully saturated rings. The Kier molecular flexibility index (Phi) is 4.73. The third-order valence-electron chi connectivity index (χ3n) is 2.95. The van der Waals surface area contributed by atoms with Crippen molar-refractivity contribution in [2.24, 2.45) is 7.05 Å². The molecule has 0 spiro atoms. The molecule has 0 aromatic carbocycles. The molecule has 0 amide bonds. The maximum atomic E-state index is 12.0. The molecule has 0 bridgehead atoms. The average molecular weight is 297 g/mol. The van der Waals surface area contributed by atoms with Crippen LogP contribution in [0, 0.1) is 0 Å². The van der Waals surface area contributed by atoms with E-state index in [9.17, 15) is 4.79 Å². The number of hydrogen-bond donors (Lipinski definition) is 1. The Labute approximate surface area is 121 Å². The number of rotatable bonds is 6. The van der Waals surface area contributed by atoms with Crippen molar-refractivity contribution >= 4 is 17.3 Å². The first-order valence-electron chi connectivity index (χ1n) is 6.45. The van der Waals surface area contributed by atoms with Crippen LogP contribution in [-0.2, 0) is 20.1 Å². The quantitative estimate of drug-likeness (QED) is 0.872. The zero-order chi connectivity index (χ0) is 14.5. The smallest absolute Gasteiger partial charge is 0.287 e. The molecular weight excluding hydrogens is 280 g/mol. The van der Waals surface area contributed by atoms with Crippen LogP contribution in [0.25, 0.3) is 0 Å². The molecule has 2 rings (SSSR count). The number of unbranched alkanes of at least 4 members (excludes halogenated alkanes) is 1. The van der Waals surface area contributed by atoms with E-state index in [2.05, 4.69) is 27.5 Å². The topological polar surface area (TPSA) is 77.6 Å². The van der Waals surface area contributed by atoms with Gasteiger partial charge in [0, 0.05) is 13.6 Å². The number of hydrogen-bond acceptors (Lipinski definition) is 5. The van der Waals surface area contributed by atoms with Gasteiger partial charge in [-0.15, -0.1) is 10.2 Å². The predicted octanol–water partition coefficient (Wildman–Crippen LogP) is 1.44. The van der Waals surface area contributed by atoms with Gasteiger partial charge in [0.2, 0.25) is 0 Å². The summed E-state index contributed by atoms with van der Waals surface area (Å²) in [5.74, 6) is 0.747. The van der Waals surface area contributed by atoms with Crippen LogP contribution in [0.2, 0.25) is 5.02 Å². The van der Waals surface area contributed by atoms with E-state index in [1.165, 1.54) is 4.68 Å². The molecule has 0 saturated heterocycles. The lowest BCUT2D eigenvalue weighted by Crippen LogP contribution is -2.24. The van der Waals surface area contributed by atoms with E-state index in [0.29, 0.717) is 18.8 Å². The first-order valence-corrected chi connectivity index (χ1v) is 6.83. The van der Waals surface area contributed by atoms with Gasteiger partial charge in [-0.1, -0.05) is 24.9 Å². The molecule has 0 aliphatic heterocycles. The molecule has 0 radical (unpaired) electrons. The van der Waals surface area contributed by atoms with E-state index < -0.39 is 0 Å². The highest BCUT2D eigenvalue weighted by Crippen LogP contribution is 2.16. The van der Waals surface area contributed by atoms with Crippen molar-refractivity contribution in [1.29, 1.82) is 0 Å². The second kappa shape index (κ2) is 6.51. The molecule has 2 heterocycles. The number of nitrogens with zero attached hydrogens (tertiary/aromatic N) is 5. The zero-order valence-corrected chi connectivity index (χ0v) is 12.3. The Balaban J connectivity index is 2.11. The highest BCUT2D eigenvalue weighted by atomic mass is 35.5. The molecule has 1 N–H and O–H groups in total. The number of halogens is 1. The SMILES string of the molecule is CCCCn1ncc(NCc2nncn2C)c(Cl)c1=O. The first-order chi connectivity index (χ1) is 9.63. The lowest BCUT2D eigenvalue weighted by atomic mass is 10.3. The summed E-state index contributed by atoms with van der Waals surface area (Å²) in [6.45, 7) is 3.07. The fourth-order valence-electron chi connectivity index (χ4n) is 1.70. The molecule has 0 unspecified atom stereocenters. The maximum absolute atomic E-state index is 12.0. The van der Waals surface area contributed by atoms with Gasteiger partial charge in [-0.25, -0.2) is 4.68 Å². The van der Waals surface area contributed by atoms with Crippen LogP contribution in [0.1, 0.15) is 25.6 Å². The van der Waals surface area contributed by atoms with Gasteiger partial charge < -0.3 is 9.88 Å². The van der Waals surface area contributed by atoms with E-state index in [0.717, 1.165) is 18.7 Å². The molecule has 2 aromatic rings. The van der Waals surface area contributed by atoms with Crippen LogP contribution in [0.5, 0.6) is 0 Å². The van der Waals surface area contributed by atoms with Crippen LogP contribution >= 0.6 is 11.6 Å². The summed E-state index contributed by atoms with van der Waals surface area (Å²) < 4.78 is 3.18. The van der Waals surface area contributed by atoms with E-state index in [1.807, 2.05) is 7.05 Å². The fraction of sp³-hybridized carbons (Fsp3) is 0.500. The molecular formula is C12H17ClN6O. The summed E-state index contributed by atoms with van der Waals surface area (Å²) in [4.78, 5) is 12.0. The van der Waals surface area contributed by atoms with Crippen LogP contribution in [0.15, 0.2) is 17.3 Å². The monoisotopic (exact) mass is 296 g/mol. The van der Waals surface area contributed by atoms with Crippen LogP contribution in [0.3, 0.4) is 0 Å². The van der Waals surface area contributed by atoms with Crippen molar-refractivity contribution < 1.29 is 0 Å². The van der Waals surface area contributed by atoms with E-state index in [-0.39, 0.29) is 10.6 Å². The molecule has 0 atom stereocenters. The summed E-state index contributed by atoms with van der Waals surface area (Å²) in [5, 5.41) is 15.0. The molecule has 2 aromatic heterocycles. The summed E-state index contributed by atoms with van der Waals surface area (Å²) in [6.07, 6.45) is 5.07. The van der Waals surface area contributed by atoms with Crippen LogP contribution in [-0.4, -0.2) is 24.5 Å². The zero-order valence-electron chi connectivity index (χ0n) is 11.5. The molecule has 8 heteroatoms. The highest BCUT2D eigenvalue weighted by Gasteiger charge is 2.09. The Bertz CT molecular complexity index is 635. The minimum atomic E-state index is -0.275. The minimum Gasteiger partial charge on any atom is -0.375 e. The second-order valence-electron chi connectivity index (χ2n) is 4.47. The van der Waals surface area contributed by atoms with Gasteiger partial charge >= 0.3 is 0 Å². The van der Waals surface area contributed by atoms with Gasteiger partial charge in [0.15, 0.2) is 5.82 Å². The Morgan fingerprint density at radius 2 is 2.25 bits per heavy atom. The van der Waals surface area contributed by atoms with Crippen molar-refractivity contribution in [1.82, 2.24) is 24.5 Å². The average Bonchev–Trinajstić information content (AvgIpc) is 2.85. The molecule has 7 nitrogen and oxygen atoms in total. The third kappa shape index (κ3) is 3.16. The van der Waals surface area contributed by atoms with Crippen molar-refractivity contribution in [2.75, 3.05) is 5.32 Å². The minimum absolute atomic E-state index is 0.151. The molecule has 0 aliphatic rings. The molecule has 0 saturated carbocycles. The van der Waals surface area contributed by atoms with Gasteiger partial charge in [0.25, 0.3) is 5.56 Å². The van der Waals surface area contributed by atoms with Crippen LogP contribution in [0.4, 0.5) is 5.69 Å². The fourth-order valence-corrected chi connectivity index (χ4v) is 1.91. The van der Waals surface area contributed by atoms with Crippen molar-refractivity contribution in [3.63, 3.8) is 0 Å². The maximum Gasteiger partial charge on any atom is 0.287 e. The van der Waals surface area contributed by atoms with Crippen molar-refractivity contribution in [2.45, 2.75) is 32.9 Å². The number of anilines is 1. The summed E-state index contributed by atoms with van der Waals surface area (Å²) in [7, 11) is 1.85. The highest BCUT2D eigenvalue weighted by molar-refractivity contribution is 6.32. The van der Waals surface area contributed by atoms with Gasteiger partial charge in [-0.3, -0.25) is 4.79 Å². The second-order valence-corrected chi connectivity index (χ2v) is 4.84. The standard InChI is InChI=1S/C12H17ClN6O/c1-3-4-5-19-12(20)11(13)9(6-16-19)14-7-10-17-15-8-18(10)2/h6,8,14H,3-5,7H2,1-2H3. The largest absolute Gasteiger partial charge is 0.375 e. The van der Waals surface area contributed by atoms with Gasteiger partial charge in [0.05, 0.1) is 18.4 Å². The first kappa shape index (κ1) is 14.5. The number of nitrogens with one attached hydrogen (secondary N) is 1. The summed E-state index contributed by atoms with van der Waals surface area (Å²) in [6, 6.07) is 0. The van der Waals surface area contributed by atoms with Gasteiger partial charge in [-0.2, -0.15) is 5.10 Å². The van der Waals surface area contributed by atoms with Crippen molar-refractivity contribution in [3.8, 4) is 0 Å². The molecule has 20 heavy (non-hydrogen) atoms. The molecule has 0 aliphatic carbocycles. The van der Waals surface area contributed by atoms with Crippen molar-refractivity contribution in [3.05, 3.63) is 33.7 Å². The molecule has 108 valence electrons. The van der Waals surface area contributed by atoms with Gasteiger partial charge in [0.1, 0.15) is 11.3 Å². The van der Waals surface area contributed by atoms with E-state index in [1.54, 1.807) is 17.1 Å². The predicted molar refractivity (Wildman–Crippen MR) is 76.7 cm³/mol. The van der Waals surface area contributed by atoms with Gasteiger partial charge in [-0.05, 0) is 6.42 Å². The number of aromatic nitrogens is 5. The number of aryl methyl sites for hydroxylation is 2. The summed E-state index contributed by atoms with van der Waals surface area (Å²) in [5.41, 5.74) is 0.232. The Morgan fingerprint density at radius 3 is 2.90 bits per heavy atom. The van der Waals surface area contributed by atoms with E-state index in [4.69, 9.17) is 11.6 Å².